The van der Waals surface area contributed by atoms with Gasteiger partial charge in [-0.15, -0.1) is 6.58 Å². The molecule has 0 aromatic carbocycles. The van der Waals surface area contributed by atoms with Crippen LogP contribution in [-0.4, -0.2) is 18.8 Å². The molecule has 0 bridgehead atoms. The van der Waals surface area contributed by atoms with Gasteiger partial charge in [0.15, 0.2) is 0 Å². The van der Waals surface area contributed by atoms with E-state index in [4.69, 9.17) is 10.6 Å². The summed E-state index contributed by atoms with van der Waals surface area (Å²) in [5.41, 5.74) is 2.95. The number of nitrogens with two attached hydrogens (primary N) is 1. The van der Waals surface area contributed by atoms with E-state index in [1.807, 2.05) is 6.08 Å². The van der Waals surface area contributed by atoms with Gasteiger partial charge in [0.25, 0.3) is 0 Å². The summed E-state index contributed by atoms with van der Waals surface area (Å²) in [4.78, 5) is 0. The Morgan fingerprint density at radius 3 is 2.71 bits per heavy atom. The molecule has 2 atom stereocenters. The molecule has 0 spiro atoms. The molecule has 3 N–H and O–H groups in total. The maximum absolute atomic E-state index is 5.84. The standard InChI is InChI=1S/C14H28N2O/c1-3-5-6-7-8-9-13(16-15)14(17-4-2)12-10-11-12/h3,12-14,16H,1,4-11,15H2,2H3. The molecular weight excluding hydrogens is 212 g/mol. The lowest BCUT2D eigenvalue weighted by Crippen LogP contribution is -2.46. The van der Waals surface area contributed by atoms with Gasteiger partial charge in [0.1, 0.15) is 0 Å². The zero-order valence-electron chi connectivity index (χ0n) is 11.2. The maximum atomic E-state index is 5.84. The Kier molecular flexibility index (Phi) is 7.49. The van der Waals surface area contributed by atoms with Crippen LogP contribution in [0.5, 0.6) is 0 Å². The van der Waals surface area contributed by atoms with Crippen LogP contribution in [0.4, 0.5) is 0 Å². The molecule has 3 nitrogen and oxygen atoms in total. The molecule has 100 valence electrons. The predicted molar refractivity (Wildman–Crippen MR) is 72.5 cm³/mol. The van der Waals surface area contributed by atoms with Gasteiger partial charge in [-0.3, -0.25) is 11.3 Å². The number of hydrogen-bond acceptors (Lipinski definition) is 3. The van der Waals surface area contributed by atoms with Crippen molar-refractivity contribution in [3.05, 3.63) is 12.7 Å². The monoisotopic (exact) mass is 240 g/mol. The van der Waals surface area contributed by atoms with Crippen LogP contribution < -0.4 is 11.3 Å². The van der Waals surface area contributed by atoms with E-state index in [-0.39, 0.29) is 0 Å². The first kappa shape index (κ1) is 14.7. The van der Waals surface area contributed by atoms with Crippen molar-refractivity contribution in [1.82, 2.24) is 5.43 Å². The number of unbranched alkanes of at least 4 members (excludes halogenated alkanes) is 3. The molecule has 0 aromatic heterocycles. The van der Waals surface area contributed by atoms with E-state index in [0.717, 1.165) is 25.4 Å². The zero-order chi connectivity index (χ0) is 12.5. The summed E-state index contributed by atoms with van der Waals surface area (Å²) in [6.07, 6.45) is 10.9. The summed E-state index contributed by atoms with van der Waals surface area (Å²) in [5, 5.41) is 0. The summed E-state index contributed by atoms with van der Waals surface area (Å²) in [5.74, 6) is 6.40. The fourth-order valence-electron chi connectivity index (χ4n) is 2.37. The highest BCUT2D eigenvalue weighted by atomic mass is 16.5. The Hall–Kier alpha value is -0.380. The molecule has 0 radical (unpaired) electrons. The first-order valence-electron chi connectivity index (χ1n) is 7.02. The van der Waals surface area contributed by atoms with E-state index in [0.29, 0.717) is 12.1 Å². The highest BCUT2D eigenvalue weighted by Crippen LogP contribution is 2.36. The minimum atomic E-state index is 0.324. The van der Waals surface area contributed by atoms with E-state index < -0.39 is 0 Å². The molecule has 1 aliphatic carbocycles. The van der Waals surface area contributed by atoms with E-state index >= 15 is 0 Å². The highest BCUT2D eigenvalue weighted by molar-refractivity contribution is 4.89. The largest absolute Gasteiger partial charge is 0.377 e. The second-order valence-electron chi connectivity index (χ2n) is 4.96. The third-order valence-electron chi connectivity index (χ3n) is 3.48. The number of nitrogens with one attached hydrogen (secondary N) is 1. The Morgan fingerprint density at radius 1 is 1.41 bits per heavy atom. The van der Waals surface area contributed by atoms with Crippen molar-refractivity contribution in [3.63, 3.8) is 0 Å². The van der Waals surface area contributed by atoms with Crippen molar-refractivity contribution < 1.29 is 4.74 Å². The third kappa shape index (κ3) is 5.66. The smallest absolute Gasteiger partial charge is 0.0769 e. The van der Waals surface area contributed by atoms with Gasteiger partial charge in [0.05, 0.1) is 6.10 Å². The molecule has 0 aliphatic heterocycles. The average molecular weight is 240 g/mol. The number of allylic oxidation sites excluding steroid dienone is 1. The Morgan fingerprint density at radius 2 is 2.18 bits per heavy atom. The molecule has 0 heterocycles. The molecule has 1 saturated carbocycles. The third-order valence-corrected chi connectivity index (χ3v) is 3.48. The van der Waals surface area contributed by atoms with Crippen molar-refractivity contribution in [1.29, 1.82) is 0 Å². The first-order chi connectivity index (χ1) is 8.33. The van der Waals surface area contributed by atoms with Gasteiger partial charge in [-0.05, 0) is 44.9 Å². The van der Waals surface area contributed by atoms with Crippen LogP contribution in [0.1, 0.15) is 51.9 Å². The van der Waals surface area contributed by atoms with Gasteiger partial charge in [-0.1, -0.05) is 18.9 Å². The summed E-state index contributed by atoms with van der Waals surface area (Å²) in [6, 6.07) is 0.325. The minimum absolute atomic E-state index is 0.324. The average Bonchev–Trinajstić information content (AvgIpc) is 3.16. The molecule has 1 rings (SSSR count). The first-order valence-corrected chi connectivity index (χ1v) is 7.02. The van der Waals surface area contributed by atoms with Crippen molar-refractivity contribution >= 4 is 0 Å². The fourth-order valence-corrected chi connectivity index (χ4v) is 2.37. The second-order valence-corrected chi connectivity index (χ2v) is 4.96. The van der Waals surface area contributed by atoms with Gasteiger partial charge >= 0.3 is 0 Å². The molecule has 1 fully saturated rings. The van der Waals surface area contributed by atoms with Crippen LogP contribution >= 0.6 is 0 Å². The van der Waals surface area contributed by atoms with Crippen molar-refractivity contribution in [2.75, 3.05) is 6.61 Å². The fraction of sp³-hybridized carbons (Fsp3) is 0.857. The molecule has 0 amide bonds. The molecule has 0 saturated heterocycles. The number of hydrazine groups is 1. The Bertz CT molecular complexity index is 204. The molecule has 0 aromatic rings. The van der Waals surface area contributed by atoms with Crippen molar-refractivity contribution in [2.45, 2.75) is 64.0 Å². The van der Waals surface area contributed by atoms with Gasteiger partial charge < -0.3 is 4.74 Å². The van der Waals surface area contributed by atoms with Crippen LogP contribution in [0, 0.1) is 5.92 Å². The Labute approximate surface area is 106 Å². The molecule has 3 heteroatoms. The quantitative estimate of drug-likeness (QED) is 0.253. The molecular formula is C14H28N2O. The van der Waals surface area contributed by atoms with Crippen molar-refractivity contribution in [2.24, 2.45) is 11.8 Å². The Balaban J connectivity index is 2.22. The lowest BCUT2D eigenvalue weighted by atomic mass is 10.00. The van der Waals surface area contributed by atoms with Crippen LogP contribution in [-0.2, 0) is 4.74 Å². The predicted octanol–water partition coefficient (Wildman–Crippen LogP) is 2.77. The summed E-state index contributed by atoms with van der Waals surface area (Å²) < 4.78 is 5.84. The van der Waals surface area contributed by atoms with Gasteiger partial charge in [0, 0.05) is 12.6 Å². The van der Waals surface area contributed by atoms with E-state index in [1.165, 1.54) is 32.1 Å². The van der Waals surface area contributed by atoms with Crippen LogP contribution in [0.3, 0.4) is 0 Å². The van der Waals surface area contributed by atoms with E-state index in [1.54, 1.807) is 0 Å². The van der Waals surface area contributed by atoms with Crippen molar-refractivity contribution in [3.8, 4) is 0 Å². The lowest BCUT2D eigenvalue weighted by molar-refractivity contribution is 0.0163. The molecule has 1 aliphatic rings. The van der Waals surface area contributed by atoms with E-state index in [9.17, 15) is 0 Å². The second kappa shape index (κ2) is 8.67. The van der Waals surface area contributed by atoms with Crippen LogP contribution in [0.25, 0.3) is 0 Å². The summed E-state index contributed by atoms with van der Waals surface area (Å²) >= 11 is 0. The van der Waals surface area contributed by atoms with Crippen LogP contribution in [0.2, 0.25) is 0 Å². The molecule has 17 heavy (non-hydrogen) atoms. The van der Waals surface area contributed by atoms with E-state index in [2.05, 4.69) is 18.9 Å². The zero-order valence-corrected chi connectivity index (χ0v) is 11.2. The topological polar surface area (TPSA) is 47.3 Å². The highest BCUT2D eigenvalue weighted by Gasteiger charge is 2.36. The SMILES string of the molecule is C=CCCCCCC(NN)C(OCC)C1CC1. The van der Waals surface area contributed by atoms with Gasteiger partial charge in [-0.2, -0.15) is 0 Å². The lowest BCUT2D eigenvalue weighted by Gasteiger charge is -2.26. The number of rotatable bonds is 11. The van der Waals surface area contributed by atoms with Gasteiger partial charge in [0.2, 0.25) is 0 Å². The minimum Gasteiger partial charge on any atom is -0.377 e. The van der Waals surface area contributed by atoms with Gasteiger partial charge in [-0.25, -0.2) is 0 Å². The molecule has 2 unspecified atom stereocenters. The maximum Gasteiger partial charge on any atom is 0.0769 e. The van der Waals surface area contributed by atoms with Crippen LogP contribution in [0.15, 0.2) is 12.7 Å². The summed E-state index contributed by atoms with van der Waals surface area (Å²) in [6.45, 7) is 6.59. The summed E-state index contributed by atoms with van der Waals surface area (Å²) in [7, 11) is 0. The number of ether oxygens (including phenoxy) is 1. The normalized spacial score (nSPS) is 18.9. The number of hydrogen-bond donors (Lipinski definition) is 2.